The van der Waals surface area contributed by atoms with Crippen molar-refractivity contribution < 1.29 is 0 Å². The average molecular weight is 346 g/mol. The fourth-order valence-electron chi connectivity index (χ4n) is 3.39. The maximum Gasteiger partial charge on any atom is 0.178 e. The summed E-state index contributed by atoms with van der Waals surface area (Å²) in [6.45, 7) is 3.70. The molecule has 0 amide bonds. The summed E-state index contributed by atoms with van der Waals surface area (Å²) in [4.78, 5) is 13.4. The molecule has 0 N–H and O–H groups in total. The fraction of sp³-hybridized carbons (Fsp3) is 0.278. The topological polar surface area (TPSA) is 75.3 Å². The van der Waals surface area contributed by atoms with E-state index in [4.69, 9.17) is 0 Å². The maximum atomic E-state index is 4.65. The van der Waals surface area contributed by atoms with Crippen LogP contribution in [0.1, 0.15) is 5.82 Å². The van der Waals surface area contributed by atoms with Gasteiger partial charge in [-0.2, -0.15) is 4.52 Å². The third-order valence-electron chi connectivity index (χ3n) is 4.99. The Morgan fingerprint density at radius 1 is 1.04 bits per heavy atom. The van der Waals surface area contributed by atoms with Gasteiger partial charge in [0.25, 0.3) is 0 Å². The third kappa shape index (κ3) is 2.26. The summed E-state index contributed by atoms with van der Waals surface area (Å²) in [5, 5.41) is 13.9. The van der Waals surface area contributed by atoms with Crippen molar-refractivity contribution in [1.82, 2.24) is 29.8 Å². The van der Waals surface area contributed by atoms with Crippen LogP contribution in [0.3, 0.4) is 0 Å². The van der Waals surface area contributed by atoms with Gasteiger partial charge >= 0.3 is 0 Å². The number of rotatable bonds is 3. The van der Waals surface area contributed by atoms with Crippen LogP contribution in [-0.4, -0.2) is 56.0 Å². The van der Waals surface area contributed by atoms with Gasteiger partial charge in [0.1, 0.15) is 18.0 Å². The molecule has 1 fully saturated rings. The summed E-state index contributed by atoms with van der Waals surface area (Å²) in [6, 6.07) is 12.4. The van der Waals surface area contributed by atoms with Crippen LogP contribution in [-0.2, 0) is 0 Å². The zero-order chi connectivity index (χ0) is 17.7. The van der Waals surface area contributed by atoms with Crippen molar-refractivity contribution in [3.8, 4) is 0 Å². The first-order chi connectivity index (χ1) is 12.7. The fourth-order valence-corrected chi connectivity index (χ4v) is 3.39. The molecule has 0 unspecified atom stereocenters. The van der Waals surface area contributed by atoms with Crippen molar-refractivity contribution in [2.45, 2.75) is 13.0 Å². The van der Waals surface area contributed by atoms with Crippen LogP contribution in [0, 0.1) is 6.92 Å². The molecule has 8 nitrogen and oxygen atoms in total. The molecule has 1 aromatic carbocycles. The molecule has 5 rings (SSSR count). The minimum Gasteiger partial charge on any atom is -0.353 e. The monoisotopic (exact) mass is 346 g/mol. The molecule has 4 heterocycles. The summed E-state index contributed by atoms with van der Waals surface area (Å²) >= 11 is 0. The lowest BCUT2D eigenvalue weighted by molar-refractivity contribution is 0.487. The van der Waals surface area contributed by atoms with Crippen molar-refractivity contribution in [1.29, 1.82) is 0 Å². The van der Waals surface area contributed by atoms with Crippen molar-refractivity contribution in [2.24, 2.45) is 0 Å². The normalized spacial score (nSPS) is 14.8. The zero-order valence-electron chi connectivity index (χ0n) is 14.6. The molecule has 4 aromatic rings. The van der Waals surface area contributed by atoms with Crippen molar-refractivity contribution in [3.63, 3.8) is 0 Å². The molecular formula is C18H18N8. The molecule has 1 saturated heterocycles. The minimum atomic E-state index is 0.382. The van der Waals surface area contributed by atoms with Gasteiger partial charge in [-0.05, 0) is 31.2 Å². The summed E-state index contributed by atoms with van der Waals surface area (Å²) in [6.07, 6.45) is 1.63. The molecule has 0 radical (unpaired) electrons. The van der Waals surface area contributed by atoms with Gasteiger partial charge in [0, 0.05) is 25.5 Å². The zero-order valence-corrected chi connectivity index (χ0v) is 14.6. The van der Waals surface area contributed by atoms with E-state index in [9.17, 15) is 0 Å². The van der Waals surface area contributed by atoms with Crippen LogP contribution < -0.4 is 9.80 Å². The van der Waals surface area contributed by atoms with Crippen LogP contribution in [0.2, 0.25) is 0 Å². The third-order valence-corrected chi connectivity index (χ3v) is 4.99. The first-order valence-corrected chi connectivity index (χ1v) is 8.57. The number of nitrogens with zero attached hydrogens (tertiary/aromatic N) is 8. The number of aromatic nitrogens is 6. The van der Waals surface area contributed by atoms with Gasteiger partial charge in [-0.25, -0.2) is 9.97 Å². The molecule has 1 aliphatic heterocycles. The summed E-state index contributed by atoms with van der Waals surface area (Å²) in [7, 11) is 2.09. The van der Waals surface area contributed by atoms with Crippen molar-refractivity contribution in [2.75, 3.05) is 29.9 Å². The molecule has 0 spiro atoms. The van der Waals surface area contributed by atoms with Crippen LogP contribution in [0.25, 0.3) is 16.6 Å². The van der Waals surface area contributed by atoms with Crippen LogP contribution in [0.15, 0.2) is 42.7 Å². The number of hydrogen-bond donors (Lipinski definition) is 0. The van der Waals surface area contributed by atoms with Crippen LogP contribution >= 0.6 is 0 Å². The average Bonchev–Trinajstić information content (AvgIpc) is 3.00. The van der Waals surface area contributed by atoms with Crippen LogP contribution in [0.4, 0.5) is 11.6 Å². The van der Waals surface area contributed by atoms with Gasteiger partial charge in [-0.3, -0.25) is 0 Å². The number of aryl methyl sites for hydroxylation is 1. The SMILES string of the molecule is Cc1nnc2ccc(N3CC(N(C)c4ncnc5ccccc45)C3)nn12. The van der Waals surface area contributed by atoms with E-state index in [-0.39, 0.29) is 0 Å². The first kappa shape index (κ1) is 15.0. The number of fused-ring (bicyclic) bond motifs is 2. The second-order valence-electron chi connectivity index (χ2n) is 6.59. The molecule has 130 valence electrons. The lowest BCUT2D eigenvalue weighted by Gasteiger charge is -2.45. The van der Waals surface area contributed by atoms with E-state index in [0.717, 1.165) is 47.1 Å². The standard InChI is InChI=1S/C18H18N8/c1-12-21-22-16-7-8-17(23-26(12)16)25-9-13(10-25)24(2)18-14-5-3-4-6-15(14)19-11-20-18/h3-8,11,13H,9-10H2,1-2H3. The second-order valence-corrected chi connectivity index (χ2v) is 6.59. The molecule has 3 aromatic heterocycles. The summed E-state index contributed by atoms with van der Waals surface area (Å²) in [5.41, 5.74) is 1.74. The van der Waals surface area contributed by atoms with Crippen LogP contribution in [0.5, 0.6) is 0 Å². The van der Waals surface area contributed by atoms with E-state index in [0.29, 0.717) is 6.04 Å². The number of para-hydroxylation sites is 1. The Morgan fingerprint density at radius 3 is 2.77 bits per heavy atom. The quantitative estimate of drug-likeness (QED) is 0.559. The van der Waals surface area contributed by atoms with Crippen molar-refractivity contribution in [3.05, 3.63) is 48.5 Å². The van der Waals surface area contributed by atoms with Crippen molar-refractivity contribution >= 4 is 28.2 Å². The Balaban J connectivity index is 1.37. The lowest BCUT2D eigenvalue weighted by atomic mass is 10.1. The van der Waals surface area contributed by atoms with E-state index in [1.165, 1.54) is 0 Å². The number of anilines is 2. The predicted molar refractivity (Wildman–Crippen MR) is 99.5 cm³/mol. The lowest BCUT2D eigenvalue weighted by Crippen LogP contribution is -2.59. The minimum absolute atomic E-state index is 0.382. The van der Waals surface area contributed by atoms with E-state index in [1.54, 1.807) is 10.8 Å². The molecule has 0 aliphatic carbocycles. The van der Waals surface area contributed by atoms with E-state index >= 15 is 0 Å². The highest BCUT2D eigenvalue weighted by atomic mass is 15.4. The molecule has 0 bridgehead atoms. The summed E-state index contributed by atoms with van der Waals surface area (Å²) < 4.78 is 1.78. The largest absolute Gasteiger partial charge is 0.353 e. The Bertz CT molecular complexity index is 1090. The van der Waals surface area contributed by atoms with E-state index < -0.39 is 0 Å². The Morgan fingerprint density at radius 2 is 1.88 bits per heavy atom. The molecular weight excluding hydrogens is 328 g/mol. The van der Waals surface area contributed by atoms with E-state index in [1.807, 2.05) is 37.3 Å². The number of hydrogen-bond acceptors (Lipinski definition) is 7. The number of likely N-dealkylation sites (N-methyl/N-ethyl adjacent to an activating group) is 1. The highest BCUT2D eigenvalue weighted by molar-refractivity contribution is 5.89. The molecule has 0 atom stereocenters. The highest BCUT2D eigenvalue weighted by Crippen LogP contribution is 2.28. The smallest absolute Gasteiger partial charge is 0.178 e. The maximum absolute atomic E-state index is 4.65. The Kier molecular flexibility index (Phi) is 3.24. The van der Waals surface area contributed by atoms with Gasteiger partial charge in [0.05, 0.1) is 11.6 Å². The Labute approximate surface area is 150 Å². The first-order valence-electron chi connectivity index (χ1n) is 8.57. The molecule has 26 heavy (non-hydrogen) atoms. The predicted octanol–water partition coefficient (Wildman–Crippen LogP) is 1.70. The highest BCUT2D eigenvalue weighted by Gasteiger charge is 2.32. The summed E-state index contributed by atoms with van der Waals surface area (Å²) in [5.74, 6) is 2.71. The molecule has 1 aliphatic rings. The van der Waals surface area contributed by atoms with Gasteiger partial charge < -0.3 is 9.80 Å². The second kappa shape index (κ2) is 5.62. The molecule has 8 heteroatoms. The van der Waals surface area contributed by atoms with Gasteiger partial charge in [-0.15, -0.1) is 15.3 Å². The van der Waals surface area contributed by atoms with Gasteiger partial charge in [0.2, 0.25) is 0 Å². The molecule has 0 saturated carbocycles. The van der Waals surface area contributed by atoms with Gasteiger partial charge in [-0.1, -0.05) is 12.1 Å². The number of benzene rings is 1. The Hall–Kier alpha value is -3.29. The van der Waals surface area contributed by atoms with Gasteiger partial charge in [0.15, 0.2) is 11.5 Å². The van der Waals surface area contributed by atoms with E-state index in [2.05, 4.69) is 48.2 Å².